The predicted octanol–water partition coefficient (Wildman–Crippen LogP) is 3.07. The third kappa shape index (κ3) is 3.86. The van der Waals surface area contributed by atoms with Crippen LogP contribution in [0.5, 0.6) is 0 Å². The van der Waals surface area contributed by atoms with Gasteiger partial charge in [0.15, 0.2) is 0 Å². The fraction of sp³-hybridized carbons (Fsp3) is 0.0769. The van der Waals surface area contributed by atoms with Crippen LogP contribution in [-0.4, -0.2) is 10.9 Å². The van der Waals surface area contributed by atoms with Gasteiger partial charge in [0.05, 0.1) is 8.66 Å². The van der Waals surface area contributed by atoms with Crippen LogP contribution in [0.3, 0.4) is 0 Å². The minimum Gasteiger partial charge on any atom is -0.389 e. The molecule has 0 aliphatic rings. The number of benzene rings is 1. The summed E-state index contributed by atoms with van der Waals surface area (Å²) in [6.45, 7) is 0.478. The van der Waals surface area contributed by atoms with E-state index in [1.807, 2.05) is 30.3 Å². The number of halogens is 1. The molecule has 0 aliphatic carbocycles. The maximum absolute atomic E-state index is 11.8. The smallest absolute Gasteiger partial charge is 0.261 e. The summed E-state index contributed by atoms with van der Waals surface area (Å²) in [6, 6.07) is 11.2. The Kier molecular flexibility index (Phi) is 4.68. The van der Waals surface area contributed by atoms with Crippen molar-refractivity contribution >= 4 is 50.4 Å². The number of nitrogens with two attached hydrogens (primary N) is 1. The van der Waals surface area contributed by atoms with Crippen molar-refractivity contribution in [1.82, 2.24) is 5.32 Å². The molecule has 0 fully saturated rings. The molecule has 1 aromatic carbocycles. The number of hydrogen-bond acceptors (Lipinski definition) is 3. The van der Waals surface area contributed by atoms with Gasteiger partial charge in [0.1, 0.15) is 4.99 Å². The molecular formula is C13H11BrN2OS2. The van der Waals surface area contributed by atoms with Gasteiger partial charge in [-0.25, -0.2) is 0 Å². The van der Waals surface area contributed by atoms with Crippen molar-refractivity contribution in [1.29, 1.82) is 0 Å². The number of thiophene rings is 1. The van der Waals surface area contributed by atoms with Crippen molar-refractivity contribution in [3.05, 3.63) is 56.2 Å². The van der Waals surface area contributed by atoms with Crippen molar-refractivity contribution in [2.75, 3.05) is 0 Å². The summed E-state index contributed by atoms with van der Waals surface area (Å²) in [5, 5.41) is 2.86. The first-order chi connectivity index (χ1) is 9.06. The van der Waals surface area contributed by atoms with E-state index in [4.69, 9.17) is 18.0 Å². The van der Waals surface area contributed by atoms with Crippen LogP contribution in [0.4, 0.5) is 0 Å². The number of thiocarbonyl (C=S) groups is 1. The van der Waals surface area contributed by atoms with Gasteiger partial charge in [0.25, 0.3) is 5.91 Å². The number of hydrogen-bond donors (Lipinski definition) is 2. The van der Waals surface area contributed by atoms with Crippen LogP contribution < -0.4 is 11.1 Å². The van der Waals surface area contributed by atoms with Crippen LogP contribution in [-0.2, 0) is 6.54 Å². The minimum absolute atomic E-state index is 0.0749. The van der Waals surface area contributed by atoms with Crippen LogP contribution in [0.15, 0.2) is 40.2 Å². The second-order valence-electron chi connectivity index (χ2n) is 3.85. The highest BCUT2D eigenvalue weighted by Crippen LogP contribution is 2.21. The van der Waals surface area contributed by atoms with E-state index in [9.17, 15) is 4.79 Å². The molecule has 0 aliphatic heterocycles. The molecule has 2 aromatic rings. The van der Waals surface area contributed by atoms with Gasteiger partial charge in [-0.15, -0.1) is 11.3 Å². The van der Waals surface area contributed by atoms with Crippen molar-refractivity contribution < 1.29 is 4.79 Å². The summed E-state index contributed by atoms with van der Waals surface area (Å²) in [6.07, 6.45) is 0. The molecule has 1 heterocycles. The number of carbonyl (C=O) groups is 1. The van der Waals surface area contributed by atoms with Crippen LogP contribution in [0.1, 0.15) is 20.8 Å². The summed E-state index contributed by atoms with van der Waals surface area (Å²) in [7, 11) is 0. The van der Waals surface area contributed by atoms with E-state index in [-0.39, 0.29) is 5.91 Å². The molecule has 0 unspecified atom stereocenters. The Hall–Kier alpha value is -1.24. The highest BCUT2D eigenvalue weighted by atomic mass is 79.9. The molecule has 0 spiro atoms. The maximum atomic E-state index is 11.8. The van der Waals surface area contributed by atoms with Gasteiger partial charge in [-0.2, -0.15) is 0 Å². The number of carbonyl (C=O) groups excluding carboxylic acids is 1. The molecule has 6 heteroatoms. The summed E-state index contributed by atoms with van der Waals surface area (Å²) >= 11 is 9.62. The molecule has 1 aromatic heterocycles. The van der Waals surface area contributed by atoms with Crippen LogP contribution in [0.2, 0.25) is 0 Å². The Morgan fingerprint density at radius 2 is 1.95 bits per heavy atom. The van der Waals surface area contributed by atoms with Crippen molar-refractivity contribution in [2.45, 2.75) is 6.54 Å². The second kappa shape index (κ2) is 6.27. The highest BCUT2D eigenvalue weighted by molar-refractivity contribution is 9.11. The zero-order valence-electron chi connectivity index (χ0n) is 9.85. The molecule has 0 atom stereocenters. The quantitative estimate of drug-likeness (QED) is 0.829. The molecule has 0 saturated heterocycles. The lowest BCUT2D eigenvalue weighted by Gasteiger charge is -2.05. The van der Waals surface area contributed by atoms with E-state index < -0.39 is 0 Å². The molecule has 0 bridgehead atoms. The zero-order valence-corrected chi connectivity index (χ0v) is 13.1. The van der Waals surface area contributed by atoms with Gasteiger partial charge >= 0.3 is 0 Å². The molecule has 0 saturated carbocycles. The zero-order chi connectivity index (χ0) is 13.8. The average Bonchev–Trinajstić information content (AvgIpc) is 2.83. The molecule has 1 amide bonds. The monoisotopic (exact) mass is 354 g/mol. The Morgan fingerprint density at radius 1 is 1.26 bits per heavy atom. The average molecular weight is 355 g/mol. The molecule has 19 heavy (non-hydrogen) atoms. The predicted molar refractivity (Wildman–Crippen MR) is 85.5 cm³/mol. The Morgan fingerprint density at radius 3 is 2.47 bits per heavy atom. The summed E-state index contributed by atoms with van der Waals surface area (Å²) in [5.41, 5.74) is 7.35. The normalized spacial score (nSPS) is 10.2. The fourth-order valence-corrected chi connectivity index (χ4v) is 2.93. The highest BCUT2D eigenvalue weighted by Gasteiger charge is 2.07. The van der Waals surface area contributed by atoms with E-state index in [1.54, 1.807) is 6.07 Å². The Labute approximate surface area is 129 Å². The van der Waals surface area contributed by atoms with Gasteiger partial charge < -0.3 is 11.1 Å². The third-order valence-corrected chi connectivity index (χ3v) is 4.35. The van der Waals surface area contributed by atoms with Crippen molar-refractivity contribution in [3.63, 3.8) is 0 Å². The lowest BCUT2D eigenvalue weighted by molar-refractivity contribution is 0.0955. The van der Waals surface area contributed by atoms with E-state index in [1.165, 1.54) is 11.3 Å². The Bertz CT molecular complexity index is 607. The molecule has 98 valence electrons. The van der Waals surface area contributed by atoms with E-state index in [2.05, 4.69) is 21.2 Å². The first-order valence-electron chi connectivity index (χ1n) is 5.48. The summed E-state index contributed by atoms with van der Waals surface area (Å²) in [4.78, 5) is 12.9. The van der Waals surface area contributed by atoms with Crippen LogP contribution >= 0.6 is 39.5 Å². The number of rotatable bonds is 4. The molecule has 2 rings (SSSR count). The molecular weight excluding hydrogens is 344 g/mol. The lowest BCUT2D eigenvalue weighted by atomic mass is 10.1. The fourth-order valence-electron chi connectivity index (χ4n) is 1.49. The van der Waals surface area contributed by atoms with Crippen molar-refractivity contribution in [2.24, 2.45) is 5.73 Å². The van der Waals surface area contributed by atoms with E-state index in [0.717, 1.165) is 14.9 Å². The minimum atomic E-state index is -0.0749. The van der Waals surface area contributed by atoms with Gasteiger partial charge in [0, 0.05) is 12.1 Å². The number of amides is 1. The third-order valence-electron chi connectivity index (χ3n) is 2.49. The lowest BCUT2D eigenvalue weighted by Crippen LogP contribution is -2.21. The van der Waals surface area contributed by atoms with Crippen LogP contribution in [0, 0.1) is 0 Å². The molecule has 3 N–H and O–H groups in total. The largest absolute Gasteiger partial charge is 0.389 e. The topological polar surface area (TPSA) is 55.1 Å². The molecule has 0 radical (unpaired) electrons. The summed E-state index contributed by atoms with van der Waals surface area (Å²) < 4.78 is 0.943. The van der Waals surface area contributed by atoms with E-state index in [0.29, 0.717) is 16.4 Å². The maximum Gasteiger partial charge on any atom is 0.261 e. The Balaban J connectivity index is 1.95. The first-order valence-corrected chi connectivity index (χ1v) is 7.50. The number of nitrogens with one attached hydrogen (secondary N) is 1. The standard InChI is InChI=1S/C13H11BrN2OS2/c14-11-6-5-10(19-11)13(17)16-7-8-1-3-9(4-2-8)12(15)18/h1-6H,7H2,(H2,15,18)(H,16,17). The van der Waals surface area contributed by atoms with Crippen LogP contribution in [0.25, 0.3) is 0 Å². The van der Waals surface area contributed by atoms with Crippen molar-refractivity contribution in [3.8, 4) is 0 Å². The van der Waals surface area contributed by atoms with Gasteiger partial charge in [-0.1, -0.05) is 36.5 Å². The van der Waals surface area contributed by atoms with Gasteiger partial charge in [-0.05, 0) is 33.6 Å². The van der Waals surface area contributed by atoms with Gasteiger partial charge in [0.2, 0.25) is 0 Å². The second-order valence-corrected chi connectivity index (χ2v) is 6.75. The SMILES string of the molecule is NC(=S)c1ccc(CNC(=O)c2ccc(Br)s2)cc1. The van der Waals surface area contributed by atoms with E-state index >= 15 is 0 Å². The van der Waals surface area contributed by atoms with Gasteiger partial charge in [-0.3, -0.25) is 4.79 Å². The molecule has 3 nitrogen and oxygen atoms in total. The summed E-state index contributed by atoms with van der Waals surface area (Å²) in [5.74, 6) is -0.0749. The first kappa shape index (κ1) is 14.2.